The molecule has 0 amide bonds. The van der Waals surface area contributed by atoms with Gasteiger partial charge in [-0.2, -0.15) is 0 Å². The van der Waals surface area contributed by atoms with Crippen molar-refractivity contribution in [1.29, 1.82) is 0 Å². The topological polar surface area (TPSA) is 79.8 Å². The van der Waals surface area contributed by atoms with Gasteiger partial charge in [0.1, 0.15) is 0 Å². The molecule has 0 radical (unpaired) electrons. The third-order valence-corrected chi connectivity index (χ3v) is 9.45. The van der Waals surface area contributed by atoms with Gasteiger partial charge in [0.05, 0.1) is 34.2 Å². The molecular formula is C36H42MnN6+. The van der Waals surface area contributed by atoms with Gasteiger partial charge in [0.2, 0.25) is 0 Å². The van der Waals surface area contributed by atoms with Crippen LogP contribution in [0.25, 0.3) is 44.4 Å². The first-order chi connectivity index (χ1) is 19.6. The summed E-state index contributed by atoms with van der Waals surface area (Å²) < 4.78 is 0. The number of nitrogens with zero attached hydrogens (tertiary/aromatic N) is 6. The monoisotopic (exact) mass is 613 g/mol. The summed E-state index contributed by atoms with van der Waals surface area (Å²) >= 11 is 0. The third kappa shape index (κ3) is 5.07. The Labute approximate surface area is 266 Å². The van der Waals surface area contributed by atoms with Crippen molar-refractivity contribution in [3.8, 4) is 0 Å². The summed E-state index contributed by atoms with van der Waals surface area (Å²) in [6.45, 7) is 29.5. The molecule has 2 aliphatic rings. The molecule has 0 fully saturated rings. The molecule has 222 valence electrons. The predicted molar refractivity (Wildman–Crippen MR) is 176 cm³/mol. The molecule has 43 heavy (non-hydrogen) atoms. The van der Waals surface area contributed by atoms with Crippen LogP contribution in [0.5, 0.6) is 0 Å². The van der Waals surface area contributed by atoms with E-state index in [1.54, 1.807) is 0 Å². The third-order valence-electron chi connectivity index (χ3n) is 9.45. The Morgan fingerprint density at radius 1 is 0.302 bits per heavy atom. The quantitative estimate of drug-likeness (QED) is 0.237. The average molecular weight is 614 g/mol. The zero-order valence-electron chi connectivity index (χ0n) is 28.1. The second-order valence-corrected chi connectivity index (χ2v) is 12.1. The second-order valence-electron chi connectivity index (χ2n) is 12.1. The average Bonchev–Trinajstić information content (AvgIpc) is 3.61. The van der Waals surface area contributed by atoms with Crippen molar-refractivity contribution in [1.82, 2.24) is 29.9 Å². The molecule has 3 aromatic heterocycles. The van der Waals surface area contributed by atoms with Gasteiger partial charge in [0.15, 0.2) is 0 Å². The first kappa shape index (κ1) is 32.4. The number of aromatic nitrogens is 6. The fourth-order valence-corrected chi connectivity index (χ4v) is 6.35. The molecule has 0 spiro atoms. The van der Waals surface area contributed by atoms with E-state index in [0.29, 0.717) is 0 Å². The Morgan fingerprint density at radius 3 is 0.907 bits per heavy atom. The van der Waals surface area contributed by atoms with Gasteiger partial charge >= 0.3 is 17.1 Å². The Morgan fingerprint density at radius 2 is 0.581 bits per heavy atom. The maximum atomic E-state index is 5.14. The maximum Gasteiger partial charge on any atom is 3.00 e. The van der Waals surface area contributed by atoms with Crippen molar-refractivity contribution in [2.24, 2.45) is 0 Å². The zero-order chi connectivity index (χ0) is 30.9. The summed E-state index contributed by atoms with van der Waals surface area (Å²) in [5.41, 5.74) is 22.5. The normalized spacial score (nSPS) is 13.0. The van der Waals surface area contributed by atoms with E-state index in [1.807, 2.05) is 27.7 Å². The van der Waals surface area contributed by atoms with E-state index in [9.17, 15) is 0 Å². The molecular weight excluding hydrogens is 571 g/mol. The molecule has 8 bridgehead atoms. The van der Waals surface area contributed by atoms with Gasteiger partial charge in [0, 0.05) is 11.4 Å². The van der Waals surface area contributed by atoms with E-state index in [0.717, 1.165) is 123 Å². The van der Waals surface area contributed by atoms with Crippen molar-refractivity contribution in [2.45, 2.75) is 96.9 Å². The number of rotatable bonds is 0. The van der Waals surface area contributed by atoms with Gasteiger partial charge in [0.25, 0.3) is 0 Å². The molecule has 6 nitrogen and oxygen atoms in total. The van der Waals surface area contributed by atoms with E-state index < -0.39 is 0 Å². The fraction of sp³-hybridized carbons (Fsp3) is 0.389. The number of aryl methyl sites for hydroxylation is 10. The van der Waals surface area contributed by atoms with Gasteiger partial charge < -0.3 is 9.97 Å². The van der Waals surface area contributed by atoms with Crippen LogP contribution >= 0.6 is 0 Å². The molecule has 7 heteroatoms. The summed E-state index contributed by atoms with van der Waals surface area (Å²) in [4.78, 5) is 30.7. The van der Waals surface area contributed by atoms with E-state index in [1.165, 1.54) is 0 Å². The van der Waals surface area contributed by atoms with Crippen molar-refractivity contribution in [2.75, 3.05) is 0 Å². The Hall–Kier alpha value is -3.54. The minimum Gasteiger partial charge on any atom is -0.656 e. The van der Waals surface area contributed by atoms with Crippen LogP contribution in [0, 0.1) is 69.2 Å². The predicted octanol–water partition coefficient (Wildman–Crippen LogP) is 8.47. The largest absolute Gasteiger partial charge is 3.00 e. The van der Waals surface area contributed by atoms with E-state index in [4.69, 9.17) is 29.9 Å². The second kappa shape index (κ2) is 11.5. The molecule has 2 aliphatic heterocycles. The summed E-state index contributed by atoms with van der Waals surface area (Å²) in [7, 11) is 0. The molecule has 5 rings (SSSR count). The Bertz CT molecular complexity index is 1870. The number of hydrogen-bond donors (Lipinski definition) is 0. The minimum atomic E-state index is 0. The van der Waals surface area contributed by atoms with E-state index in [-0.39, 0.29) is 17.1 Å². The Kier molecular flexibility index (Phi) is 8.67. The maximum absolute atomic E-state index is 5.14. The summed E-state index contributed by atoms with van der Waals surface area (Å²) in [6.07, 6.45) is 0. The number of hydrogen-bond acceptors (Lipinski definition) is 4. The number of allylic oxidation sites excluding steroid dienone is 4. The zero-order valence-corrected chi connectivity index (χ0v) is 29.2. The smallest absolute Gasteiger partial charge is 0.656 e. The van der Waals surface area contributed by atoms with Crippen molar-refractivity contribution in [3.05, 3.63) is 78.9 Å². The molecule has 0 saturated carbocycles. The summed E-state index contributed by atoms with van der Waals surface area (Å²) in [5.74, 6) is 0. The first-order valence-corrected chi connectivity index (χ1v) is 14.7. The molecule has 0 saturated heterocycles. The van der Waals surface area contributed by atoms with Crippen molar-refractivity contribution < 1.29 is 17.1 Å². The van der Waals surface area contributed by atoms with Crippen LogP contribution in [0.2, 0.25) is 0 Å². The van der Waals surface area contributed by atoms with Gasteiger partial charge in [-0.05, 0) is 130 Å². The first-order valence-electron chi connectivity index (χ1n) is 14.7. The van der Waals surface area contributed by atoms with Gasteiger partial charge in [-0.3, -0.25) is 9.97 Å². The summed E-state index contributed by atoms with van der Waals surface area (Å²) in [6, 6.07) is 0. The molecule has 5 heterocycles. The van der Waals surface area contributed by atoms with Crippen LogP contribution in [0.3, 0.4) is 0 Å². The van der Waals surface area contributed by atoms with E-state index >= 15 is 0 Å². The van der Waals surface area contributed by atoms with Crippen LogP contribution in [0.15, 0.2) is 0 Å². The van der Waals surface area contributed by atoms with E-state index in [2.05, 4.69) is 69.2 Å². The minimum absolute atomic E-state index is 0. The van der Waals surface area contributed by atoms with Gasteiger partial charge in [-0.15, -0.1) is 22.1 Å². The SMILES string of the molecule is CC1=C(C)c2nc1c(C)nc(C)c1[n-]c(c(C)c3nc(c(C)nc(C)c4[n-]c(c2C)c(C)c4C)C(C)=C3C)c(C)c1C.[Mn+3]. The van der Waals surface area contributed by atoms with Crippen LogP contribution in [0.4, 0.5) is 0 Å². The molecule has 0 N–H and O–H groups in total. The van der Waals surface area contributed by atoms with Crippen molar-refractivity contribution in [3.63, 3.8) is 0 Å². The summed E-state index contributed by atoms with van der Waals surface area (Å²) in [5, 5.41) is 0. The molecule has 0 unspecified atom stereocenters. The van der Waals surface area contributed by atoms with Gasteiger partial charge in [-0.25, -0.2) is 9.97 Å². The number of fused-ring (bicyclic) bond motifs is 8. The van der Waals surface area contributed by atoms with Crippen LogP contribution in [-0.2, 0) is 17.1 Å². The Balaban J connectivity index is 0.00000423. The molecule has 3 aromatic rings. The van der Waals surface area contributed by atoms with Crippen LogP contribution in [-0.4, -0.2) is 19.9 Å². The standard InChI is InChI=1S/C36H42N6.Mn/c1-15-19(5)33-25(11)37-26(12)35-21(7)17(3)31(41-35)24(10)32-18(4)22(8)36(42-32)28(14)38-27(13)34-20(6)16(2)30(40-34)23(9)29(15)39-33;/h1-14H3;/q-2;+3. The van der Waals surface area contributed by atoms with Gasteiger partial charge in [-0.1, -0.05) is 22.3 Å². The molecule has 0 atom stereocenters. The molecule has 0 aliphatic carbocycles. The fourth-order valence-electron chi connectivity index (χ4n) is 6.35. The van der Waals surface area contributed by atoms with Crippen molar-refractivity contribution >= 4 is 44.4 Å². The van der Waals surface area contributed by atoms with Crippen LogP contribution < -0.4 is 9.97 Å². The molecule has 0 aromatic carbocycles. The van der Waals surface area contributed by atoms with Crippen LogP contribution in [0.1, 0.15) is 107 Å².